The Kier molecular flexibility index (Phi) is 4.71. The second kappa shape index (κ2) is 6.70. The number of fused-ring (bicyclic) bond motifs is 1. The predicted octanol–water partition coefficient (Wildman–Crippen LogP) is 2.59. The van der Waals surface area contributed by atoms with Crippen LogP contribution in [0.2, 0.25) is 0 Å². The van der Waals surface area contributed by atoms with Gasteiger partial charge in [0.2, 0.25) is 0 Å². The van der Waals surface area contributed by atoms with Crippen molar-refractivity contribution in [1.29, 1.82) is 0 Å². The number of rotatable bonds is 5. The van der Waals surface area contributed by atoms with Crippen LogP contribution in [-0.4, -0.2) is 43.3 Å². The third-order valence-corrected chi connectivity index (χ3v) is 4.56. The summed E-state index contributed by atoms with van der Waals surface area (Å²) in [5.74, 6) is 0. The Bertz CT molecular complexity index is 409. The highest BCUT2D eigenvalue weighted by atomic mass is 16.5. The second-order valence-corrected chi connectivity index (χ2v) is 6.01. The number of nitrogens with zero attached hydrogens (tertiary/aromatic N) is 1. The third-order valence-electron chi connectivity index (χ3n) is 4.56. The molecule has 0 amide bonds. The normalized spacial score (nSPS) is 28.2. The lowest BCUT2D eigenvalue weighted by molar-refractivity contribution is -0.0652. The molecule has 3 nitrogen and oxygen atoms in total. The second-order valence-electron chi connectivity index (χ2n) is 6.01. The zero-order valence-electron chi connectivity index (χ0n) is 12.4. The van der Waals surface area contributed by atoms with Gasteiger partial charge in [0.25, 0.3) is 0 Å². The summed E-state index contributed by atoms with van der Waals surface area (Å²) in [5.41, 5.74) is 1.35. The van der Waals surface area contributed by atoms with E-state index in [2.05, 4.69) is 47.5 Å². The molecule has 1 aromatic carbocycles. The lowest BCUT2D eigenvalue weighted by Crippen LogP contribution is -2.50. The van der Waals surface area contributed by atoms with Gasteiger partial charge in [-0.2, -0.15) is 0 Å². The van der Waals surface area contributed by atoms with Crippen molar-refractivity contribution in [3.8, 4) is 0 Å². The van der Waals surface area contributed by atoms with Crippen LogP contribution in [-0.2, 0) is 4.74 Å². The van der Waals surface area contributed by atoms with E-state index in [-0.39, 0.29) is 6.10 Å². The van der Waals surface area contributed by atoms with E-state index in [9.17, 15) is 0 Å². The molecule has 0 aromatic heterocycles. The van der Waals surface area contributed by atoms with Crippen LogP contribution < -0.4 is 5.32 Å². The minimum atomic E-state index is 0.276. The molecule has 2 aliphatic heterocycles. The molecule has 0 radical (unpaired) electrons. The molecule has 0 bridgehead atoms. The Balaban J connectivity index is 1.72. The van der Waals surface area contributed by atoms with Crippen molar-refractivity contribution in [2.24, 2.45) is 0 Å². The molecule has 0 saturated carbocycles. The van der Waals surface area contributed by atoms with Crippen LogP contribution in [0, 0.1) is 0 Å². The van der Waals surface area contributed by atoms with Gasteiger partial charge in [-0.15, -0.1) is 0 Å². The topological polar surface area (TPSA) is 24.5 Å². The maximum absolute atomic E-state index is 6.20. The highest BCUT2D eigenvalue weighted by molar-refractivity contribution is 5.20. The minimum absolute atomic E-state index is 0.276. The molecule has 0 aliphatic carbocycles. The van der Waals surface area contributed by atoms with E-state index in [1.54, 1.807) is 0 Å². The van der Waals surface area contributed by atoms with Crippen molar-refractivity contribution in [3.63, 3.8) is 0 Å². The molecule has 3 heteroatoms. The summed E-state index contributed by atoms with van der Waals surface area (Å²) in [6, 6.07) is 11.7. The molecule has 0 spiro atoms. The van der Waals surface area contributed by atoms with Crippen LogP contribution in [0.3, 0.4) is 0 Å². The van der Waals surface area contributed by atoms with Gasteiger partial charge in [-0.25, -0.2) is 0 Å². The average Bonchev–Trinajstić information content (AvgIpc) is 2.96. The summed E-state index contributed by atoms with van der Waals surface area (Å²) in [6.07, 6.45) is 4.07. The van der Waals surface area contributed by atoms with E-state index in [0.29, 0.717) is 12.1 Å². The molecular weight excluding hydrogens is 248 g/mol. The summed E-state index contributed by atoms with van der Waals surface area (Å²) in [7, 11) is 0. The summed E-state index contributed by atoms with van der Waals surface area (Å²) in [6.45, 7) is 6.48. The van der Waals surface area contributed by atoms with Gasteiger partial charge in [-0.1, -0.05) is 37.3 Å². The van der Waals surface area contributed by atoms with Gasteiger partial charge in [-0.05, 0) is 37.9 Å². The molecule has 1 aromatic rings. The smallest absolute Gasteiger partial charge is 0.0897 e. The third kappa shape index (κ3) is 3.05. The quantitative estimate of drug-likeness (QED) is 0.893. The number of benzene rings is 1. The van der Waals surface area contributed by atoms with Crippen LogP contribution in [0.1, 0.15) is 37.8 Å². The minimum Gasteiger partial charge on any atom is -0.373 e. The van der Waals surface area contributed by atoms with E-state index >= 15 is 0 Å². The molecule has 3 rings (SSSR count). The Hall–Kier alpha value is -0.900. The van der Waals surface area contributed by atoms with Gasteiger partial charge in [0.15, 0.2) is 0 Å². The first-order valence-electron chi connectivity index (χ1n) is 8.02. The van der Waals surface area contributed by atoms with Crippen molar-refractivity contribution < 1.29 is 4.74 Å². The van der Waals surface area contributed by atoms with Crippen molar-refractivity contribution in [2.75, 3.05) is 26.2 Å². The highest BCUT2D eigenvalue weighted by Crippen LogP contribution is 2.28. The monoisotopic (exact) mass is 274 g/mol. The van der Waals surface area contributed by atoms with Crippen LogP contribution in [0.5, 0.6) is 0 Å². The fourth-order valence-electron chi connectivity index (χ4n) is 3.47. The van der Waals surface area contributed by atoms with Crippen LogP contribution in [0.4, 0.5) is 0 Å². The Labute approximate surface area is 122 Å². The Morgan fingerprint density at radius 3 is 3.00 bits per heavy atom. The lowest BCUT2D eigenvalue weighted by Gasteiger charge is -2.39. The molecular formula is C17H26N2O. The maximum Gasteiger partial charge on any atom is 0.0897 e. The molecule has 2 fully saturated rings. The van der Waals surface area contributed by atoms with Gasteiger partial charge in [0.05, 0.1) is 18.8 Å². The standard InChI is InChI=1S/C17H26N2O/c1-2-10-18-17(14-7-4-3-5-8-14)16-12-19-11-6-9-15(19)13-20-16/h3-5,7-8,15-18H,2,6,9-13H2,1H3. The van der Waals surface area contributed by atoms with Gasteiger partial charge in [0, 0.05) is 12.6 Å². The zero-order chi connectivity index (χ0) is 13.8. The van der Waals surface area contributed by atoms with Gasteiger partial charge >= 0.3 is 0 Å². The van der Waals surface area contributed by atoms with Crippen molar-refractivity contribution in [3.05, 3.63) is 35.9 Å². The van der Waals surface area contributed by atoms with E-state index in [1.165, 1.54) is 24.9 Å². The predicted molar refractivity (Wildman–Crippen MR) is 81.8 cm³/mol. The molecule has 2 saturated heterocycles. The Morgan fingerprint density at radius 1 is 1.35 bits per heavy atom. The number of nitrogens with one attached hydrogen (secondary N) is 1. The fourth-order valence-corrected chi connectivity index (χ4v) is 3.47. The molecule has 110 valence electrons. The van der Waals surface area contributed by atoms with Gasteiger partial charge in [-0.3, -0.25) is 4.90 Å². The van der Waals surface area contributed by atoms with E-state index in [4.69, 9.17) is 4.74 Å². The maximum atomic E-state index is 6.20. The van der Waals surface area contributed by atoms with Crippen LogP contribution in [0.15, 0.2) is 30.3 Å². The Morgan fingerprint density at radius 2 is 2.20 bits per heavy atom. The van der Waals surface area contributed by atoms with Crippen molar-refractivity contribution >= 4 is 0 Å². The number of hydrogen-bond acceptors (Lipinski definition) is 3. The van der Waals surface area contributed by atoms with E-state index in [1.807, 2.05) is 0 Å². The first-order valence-corrected chi connectivity index (χ1v) is 8.02. The molecule has 1 N–H and O–H groups in total. The SMILES string of the molecule is CCCNC(c1ccccc1)C1CN2CCCC2CO1. The molecule has 2 aliphatic rings. The van der Waals surface area contributed by atoms with Crippen molar-refractivity contribution in [2.45, 2.75) is 44.4 Å². The first kappa shape index (κ1) is 14.1. The van der Waals surface area contributed by atoms with Crippen LogP contribution >= 0.6 is 0 Å². The largest absolute Gasteiger partial charge is 0.373 e. The molecule has 20 heavy (non-hydrogen) atoms. The molecule has 2 heterocycles. The van der Waals surface area contributed by atoms with Gasteiger partial charge < -0.3 is 10.1 Å². The van der Waals surface area contributed by atoms with Crippen LogP contribution in [0.25, 0.3) is 0 Å². The summed E-state index contributed by atoms with van der Waals surface area (Å²) >= 11 is 0. The summed E-state index contributed by atoms with van der Waals surface area (Å²) < 4.78 is 6.20. The van der Waals surface area contributed by atoms with E-state index < -0.39 is 0 Å². The zero-order valence-corrected chi connectivity index (χ0v) is 12.4. The number of morpholine rings is 1. The highest BCUT2D eigenvalue weighted by Gasteiger charge is 2.35. The first-order chi connectivity index (χ1) is 9.88. The lowest BCUT2D eigenvalue weighted by atomic mass is 9.99. The number of hydrogen-bond donors (Lipinski definition) is 1. The molecule has 3 atom stereocenters. The number of ether oxygens (including phenoxy) is 1. The summed E-state index contributed by atoms with van der Waals surface area (Å²) in [4.78, 5) is 2.62. The summed E-state index contributed by atoms with van der Waals surface area (Å²) in [5, 5.41) is 3.68. The van der Waals surface area contributed by atoms with Crippen molar-refractivity contribution in [1.82, 2.24) is 10.2 Å². The van der Waals surface area contributed by atoms with Gasteiger partial charge in [0.1, 0.15) is 0 Å². The van der Waals surface area contributed by atoms with E-state index in [0.717, 1.165) is 26.1 Å². The fraction of sp³-hybridized carbons (Fsp3) is 0.647. The average molecular weight is 274 g/mol. The molecule has 3 unspecified atom stereocenters.